The van der Waals surface area contributed by atoms with Crippen LogP contribution >= 0.6 is 12.5 Å². The minimum atomic E-state index is 0.592. The number of rotatable bonds is 5. The number of aryl methyl sites for hydroxylation is 2. The highest BCUT2D eigenvalue weighted by atomic mass is 32.1. The molecule has 0 atom stereocenters. The fraction of sp³-hybridized carbons (Fsp3) is 0.333. The molecule has 0 unspecified atom stereocenters. The second kappa shape index (κ2) is 6.53. The van der Waals surface area contributed by atoms with Gasteiger partial charge in [0, 0.05) is 0 Å². The quantitative estimate of drug-likeness (QED) is 0.480. The molecule has 0 aliphatic heterocycles. The highest BCUT2D eigenvalue weighted by Gasteiger charge is 2.06. The van der Waals surface area contributed by atoms with E-state index in [-0.39, 0.29) is 0 Å². The lowest BCUT2D eigenvalue weighted by Gasteiger charge is -2.12. The molecule has 16 heavy (non-hydrogen) atoms. The van der Waals surface area contributed by atoms with Crippen molar-refractivity contribution >= 4 is 19.2 Å². The van der Waals surface area contributed by atoms with Gasteiger partial charge < -0.3 is 9.39 Å². The maximum atomic E-state index is 5.57. The highest BCUT2D eigenvalue weighted by Crippen LogP contribution is 2.28. The standard InChI is InChI=1S/C12H16BO2S/c1-4-5-6-14-11-7-9(2)12(15-13-16)10(3)8-11/h4-5,7-8,16H,6H2,1-3H3/b5-4+. The molecule has 0 aliphatic rings. The summed E-state index contributed by atoms with van der Waals surface area (Å²) in [7, 11) is 0. The summed E-state index contributed by atoms with van der Waals surface area (Å²) >= 11 is 3.93. The van der Waals surface area contributed by atoms with Crippen molar-refractivity contribution < 1.29 is 9.39 Å². The van der Waals surface area contributed by atoms with E-state index in [1.54, 1.807) is 0 Å². The lowest BCUT2D eigenvalue weighted by molar-refractivity contribution is 0.361. The Hall–Kier alpha value is -1.03. The molecule has 0 saturated carbocycles. The summed E-state index contributed by atoms with van der Waals surface area (Å²) in [4.78, 5) is 0. The molecular weight excluding hydrogens is 219 g/mol. The molecule has 0 N–H and O–H groups in total. The van der Waals surface area contributed by atoms with Crippen LogP contribution in [0.3, 0.4) is 0 Å². The van der Waals surface area contributed by atoms with Crippen LogP contribution in [0.5, 0.6) is 11.5 Å². The minimum absolute atomic E-state index is 0.592. The van der Waals surface area contributed by atoms with Crippen molar-refractivity contribution in [1.29, 1.82) is 0 Å². The van der Waals surface area contributed by atoms with Gasteiger partial charge in [0.25, 0.3) is 0 Å². The minimum Gasteiger partial charge on any atom is -0.552 e. The Bertz CT molecular complexity index is 354. The fourth-order valence-corrected chi connectivity index (χ4v) is 1.58. The predicted octanol–water partition coefficient (Wildman–Crippen LogP) is 3.10. The first kappa shape index (κ1) is 13.0. The highest BCUT2D eigenvalue weighted by molar-refractivity contribution is 8.06. The van der Waals surface area contributed by atoms with Crippen molar-refractivity contribution in [3.05, 3.63) is 35.4 Å². The van der Waals surface area contributed by atoms with Crippen LogP contribution in [0.15, 0.2) is 24.3 Å². The molecule has 1 aromatic carbocycles. The summed E-state index contributed by atoms with van der Waals surface area (Å²) < 4.78 is 10.9. The number of thiol groups is 1. The molecular formula is C12H16BO2S. The van der Waals surface area contributed by atoms with Crippen LogP contribution in [0.4, 0.5) is 0 Å². The number of hydrogen-bond acceptors (Lipinski definition) is 3. The average molecular weight is 235 g/mol. The third-order valence-corrected chi connectivity index (χ3v) is 2.29. The van der Waals surface area contributed by atoms with E-state index in [1.165, 1.54) is 6.76 Å². The summed E-state index contributed by atoms with van der Waals surface area (Å²) in [6.45, 7) is 7.92. The molecule has 1 radical (unpaired) electrons. The first-order valence-corrected chi connectivity index (χ1v) is 5.68. The largest absolute Gasteiger partial charge is 0.552 e. The third-order valence-electron chi connectivity index (χ3n) is 2.19. The molecule has 0 saturated heterocycles. The van der Waals surface area contributed by atoms with Gasteiger partial charge in [0.05, 0.1) is 0 Å². The van der Waals surface area contributed by atoms with Gasteiger partial charge in [0.1, 0.15) is 18.1 Å². The summed E-state index contributed by atoms with van der Waals surface area (Å²) in [5.74, 6) is 1.70. The molecule has 0 spiro atoms. The van der Waals surface area contributed by atoms with Crippen LogP contribution in [0.25, 0.3) is 0 Å². The summed E-state index contributed by atoms with van der Waals surface area (Å²) in [6, 6.07) is 3.92. The van der Waals surface area contributed by atoms with Gasteiger partial charge in [-0.05, 0) is 44.0 Å². The van der Waals surface area contributed by atoms with Crippen molar-refractivity contribution in [2.24, 2.45) is 0 Å². The fourth-order valence-electron chi connectivity index (χ4n) is 1.47. The number of allylic oxidation sites excluding steroid dienone is 1. The van der Waals surface area contributed by atoms with Crippen LogP contribution in [-0.2, 0) is 0 Å². The van der Waals surface area contributed by atoms with E-state index in [0.29, 0.717) is 6.61 Å². The molecule has 0 amide bonds. The van der Waals surface area contributed by atoms with Gasteiger partial charge in [0.2, 0.25) is 0 Å². The molecule has 1 aromatic rings. The molecule has 0 heterocycles. The van der Waals surface area contributed by atoms with Crippen molar-refractivity contribution in [1.82, 2.24) is 0 Å². The van der Waals surface area contributed by atoms with Crippen molar-refractivity contribution in [2.75, 3.05) is 6.61 Å². The lowest BCUT2D eigenvalue weighted by atomic mass is 10.1. The van der Waals surface area contributed by atoms with E-state index in [2.05, 4.69) is 12.5 Å². The molecule has 0 aliphatic carbocycles. The van der Waals surface area contributed by atoms with Gasteiger partial charge in [-0.1, -0.05) is 12.2 Å². The Kier molecular flexibility index (Phi) is 5.33. The van der Waals surface area contributed by atoms with E-state index in [9.17, 15) is 0 Å². The number of benzene rings is 1. The second-order valence-corrected chi connectivity index (χ2v) is 3.70. The molecule has 85 valence electrons. The molecule has 0 aromatic heterocycles. The zero-order valence-electron chi connectivity index (χ0n) is 9.86. The first-order valence-electron chi connectivity index (χ1n) is 5.16. The second-order valence-electron chi connectivity index (χ2n) is 3.49. The predicted molar refractivity (Wildman–Crippen MR) is 71.6 cm³/mol. The number of hydrogen-bond donors (Lipinski definition) is 1. The van der Waals surface area contributed by atoms with Crippen molar-refractivity contribution in [3.8, 4) is 11.5 Å². The van der Waals surface area contributed by atoms with E-state index in [4.69, 9.17) is 9.39 Å². The Morgan fingerprint density at radius 1 is 1.31 bits per heavy atom. The summed E-state index contributed by atoms with van der Waals surface area (Å²) in [5.41, 5.74) is 2.08. The Balaban J connectivity index is 2.82. The van der Waals surface area contributed by atoms with Gasteiger partial charge in [-0.25, -0.2) is 0 Å². The Morgan fingerprint density at radius 3 is 2.44 bits per heavy atom. The molecule has 4 heteroatoms. The van der Waals surface area contributed by atoms with Gasteiger partial charge in [-0.3, -0.25) is 0 Å². The van der Waals surface area contributed by atoms with Crippen molar-refractivity contribution in [3.63, 3.8) is 0 Å². The zero-order valence-corrected chi connectivity index (χ0v) is 10.8. The van der Waals surface area contributed by atoms with Crippen LogP contribution in [0.1, 0.15) is 18.1 Å². The molecule has 2 nitrogen and oxygen atoms in total. The SMILES string of the molecule is C/C=C/COc1cc(C)c(O[B]S)c(C)c1. The zero-order chi connectivity index (χ0) is 12.0. The summed E-state index contributed by atoms with van der Waals surface area (Å²) in [6.07, 6.45) is 3.93. The average Bonchev–Trinajstić information content (AvgIpc) is 2.24. The normalized spacial score (nSPS) is 10.5. The van der Waals surface area contributed by atoms with Crippen LogP contribution < -0.4 is 9.39 Å². The monoisotopic (exact) mass is 235 g/mol. The van der Waals surface area contributed by atoms with Crippen molar-refractivity contribution in [2.45, 2.75) is 20.8 Å². The van der Waals surface area contributed by atoms with Gasteiger partial charge in [-0.15, -0.1) is 0 Å². The van der Waals surface area contributed by atoms with Gasteiger partial charge in [0.15, 0.2) is 0 Å². The molecule has 0 fully saturated rings. The van der Waals surface area contributed by atoms with Crippen LogP contribution in [0, 0.1) is 13.8 Å². The molecule has 0 bridgehead atoms. The Morgan fingerprint density at radius 2 is 1.94 bits per heavy atom. The van der Waals surface area contributed by atoms with Crippen LogP contribution in [0.2, 0.25) is 0 Å². The maximum Gasteiger partial charge on any atom is 0.447 e. The smallest absolute Gasteiger partial charge is 0.447 e. The van der Waals surface area contributed by atoms with E-state index >= 15 is 0 Å². The topological polar surface area (TPSA) is 18.5 Å². The van der Waals surface area contributed by atoms with Gasteiger partial charge >= 0.3 is 6.76 Å². The maximum absolute atomic E-state index is 5.57. The van der Waals surface area contributed by atoms with Crippen LogP contribution in [-0.4, -0.2) is 13.4 Å². The number of ether oxygens (including phenoxy) is 1. The third kappa shape index (κ3) is 3.52. The van der Waals surface area contributed by atoms with E-state index < -0.39 is 0 Å². The van der Waals surface area contributed by atoms with Gasteiger partial charge in [-0.2, -0.15) is 12.5 Å². The summed E-state index contributed by atoms with van der Waals surface area (Å²) in [5, 5.41) is 0. The van der Waals surface area contributed by atoms with E-state index in [1.807, 2.05) is 45.1 Å². The Labute approximate surface area is 103 Å². The first-order chi connectivity index (χ1) is 7.69. The molecule has 1 rings (SSSR count). The van der Waals surface area contributed by atoms with E-state index in [0.717, 1.165) is 22.6 Å². The lowest BCUT2D eigenvalue weighted by Crippen LogP contribution is -2.00.